The molecule has 6 heteroatoms. The molecule has 0 N–H and O–H groups in total. The highest BCUT2D eigenvalue weighted by molar-refractivity contribution is 5.81. The molecule has 0 saturated heterocycles. The molecule has 1 amide bonds. The van der Waals surface area contributed by atoms with E-state index in [0.29, 0.717) is 6.54 Å². The highest BCUT2D eigenvalue weighted by Gasteiger charge is 2.19. The van der Waals surface area contributed by atoms with Crippen LogP contribution >= 0.6 is 0 Å². The van der Waals surface area contributed by atoms with Gasteiger partial charge in [-0.1, -0.05) is 12.1 Å². The summed E-state index contributed by atoms with van der Waals surface area (Å²) in [6.07, 6.45) is 0.286. The zero-order valence-corrected chi connectivity index (χ0v) is 13.1. The lowest BCUT2D eigenvalue weighted by molar-refractivity contribution is -0.133. The fourth-order valence-electron chi connectivity index (χ4n) is 2.58. The normalized spacial score (nSPS) is 10.9. The third-order valence-electron chi connectivity index (χ3n) is 3.75. The van der Waals surface area contributed by atoms with E-state index in [9.17, 15) is 9.59 Å². The average Bonchev–Trinajstić information content (AvgIpc) is 2.73. The number of benzene rings is 1. The number of para-hydroxylation sites is 2. The van der Waals surface area contributed by atoms with Crippen LogP contribution in [0.3, 0.4) is 0 Å². The summed E-state index contributed by atoms with van der Waals surface area (Å²) < 4.78 is 3.02. The van der Waals surface area contributed by atoms with E-state index in [-0.39, 0.29) is 30.6 Å². The maximum Gasteiger partial charge on any atom is 0.329 e. The molecule has 6 nitrogen and oxygen atoms in total. The molecule has 1 aromatic heterocycles. The van der Waals surface area contributed by atoms with Gasteiger partial charge in [-0.2, -0.15) is 5.26 Å². The maximum absolute atomic E-state index is 12.5. The molecule has 2 aromatic rings. The minimum absolute atomic E-state index is 0.00784. The Bertz CT molecular complexity index is 780. The van der Waals surface area contributed by atoms with Crippen molar-refractivity contribution in [2.75, 3.05) is 6.54 Å². The van der Waals surface area contributed by atoms with Crippen molar-refractivity contribution in [3.63, 3.8) is 0 Å². The van der Waals surface area contributed by atoms with Crippen molar-refractivity contribution in [1.29, 1.82) is 5.26 Å². The fourth-order valence-corrected chi connectivity index (χ4v) is 2.58. The Kier molecular flexibility index (Phi) is 4.66. The number of amides is 1. The molecule has 0 fully saturated rings. The van der Waals surface area contributed by atoms with E-state index in [1.54, 1.807) is 11.9 Å². The van der Waals surface area contributed by atoms with Crippen LogP contribution in [0.4, 0.5) is 0 Å². The summed E-state index contributed by atoms with van der Waals surface area (Å²) in [7, 11) is 1.70. The summed E-state index contributed by atoms with van der Waals surface area (Å²) in [5.74, 6) is -0.149. The molecule has 0 spiro atoms. The monoisotopic (exact) mass is 300 g/mol. The van der Waals surface area contributed by atoms with E-state index >= 15 is 0 Å². The molecular weight excluding hydrogens is 280 g/mol. The van der Waals surface area contributed by atoms with Crippen molar-refractivity contribution >= 4 is 16.9 Å². The van der Waals surface area contributed by atoms with Gasteiger partial charge in [-0.3, -0.25) is 13.9 Å². The minimum Gasteiger partial charge on any atom is -0.338 e. The molecule has 0 aliphatic rings. The molecule has 22 heavy (non-hydrogen) atoms. The second kappa shape index (κ2) is 6.48. The number of carbonyl (C=O) groups is 1. The van der Waals surface area contributed by atoms with E-state index < -0.39 is 0 Å². The summed E-state index contributed by atoms with van der Waals surface area (Å²) in [5.41, 5.74) is 1.33. The molecule has 1 aromatic carbocycles. The van der Waals surface area contributed by atoms with Gasteiger partial charge >= 0.3 is 5.69 Å². The van der Waals surface area contributed by atoms with Gasteiger partial charge in [-0.15, -0.1) is 0 Å². The zero-order chi connectivity index (χ0) is 16.3. The maximum atomic E-state index is 12.5. The van der Waals surface area contributed by atoms with Crippen LogP contribution in [0.15, 0.2) is 29.1 Å². The third-order valence-corrected chi connectivity index (χ3v) is 3.75. The Morgan fingerprint density at radius 1 is 1.32 bits per heavy atom. The summed E-state index contributed by atoms with van der Waals surface area (Å²) in [6, 6.07) is 9.44. The van der Waals surface area contributed by atoms with Gasteiger partial charge in [0.2, 0.25) is 5.91 Å². The summed E-state index contributed by atoms with van der Waals surface area (Å²) in [4.78, 5) is 26.5. The molecule has 0 aliphatic heterocycles. The van der Waals surface area contributed by atoms with Crippen LogP contribution in [0.2, 0.25) is 0 Å². The molecule has 0 bridgehead atoms. The predicted molar refractivity (Wildman–Crippen MR) is 84.3 cm³/mol. The molecule has 1 heterocycles. The van der Waals surface area contributed by atoms with Crippen LogP contribution in [-0.4, -0.2) is 32.5 Å². The van der Waals surface area contributed by atoms with Crippen LogP contribution < -0.4 is 5.69 Å². The van der Waals surface area contributed by atoms with Gasteiger partial charge in [0.25, 0.3) is 0 Å². The fraction of sp³-hybridized carbons (Fsp3) is 0.438. The molecule has 0 saturated carbocycles. The lowest BCUT2D eigenvalue weighted by Gasteiger charge is -2.26. The summed E-state index contributed by atoms with van der Waals surface area (Å²) in [5, 5.41) is 8.71. The van der Waals surface area contributed by atoms with Crippen molar-refractivity contribution < 1.29 is 4.79 Å². The molecule has 116 valence electrons. The van der Waals surface area contributed by atoms with Crippen molar-refractivity contribution in [1.82, 2.24) is 14.0 Å². The smallest absolute Gasteiger partial charge is 0.329 e. The minimum atomic E-state index is -0.210. The highest BCUT2D eigenvalue weighted by Crippen LogP contribution is 2.12. The quantitative estimate of drug-likeness (QED) is 0.840. The van der Waals surface area contributed by atoms with E-state index in [4.69, 9.17) is 5.26 Å². The second-order valence-corrected chi connectivity index (χ2v) is 5.51. The topological polar surface area (TPSA) is 71.0 Å². The average molecular weight is 300 g/mol. The van der Waals surface area contributed by atoms with E-state index in [2.05, 4.69) is 6.07 Å². The van der Waals surface area contributed by atoms with E-state index in [1.807, 2.05) is 38.1 Å². The van der Waals surface area contributed by atoms with Gasteiger partial charge < -0.3 is 4.90 Å². The van der Waals surface area contributed by atoms with Gasteiger partial charge in [-0.25, -0.2) is 4.79 Å². The first-order chi connectivity index (χ1) is 10.5. The van der Waals surface area contributed by atoms with Gasteiger partial charge in [0.05, 0.1) is 23.5 Å². The van der Waals surface area contributed by atoms with Crippen LogP contribution in [-0.2, 0) is 18.4 Å². The first-order valence-electron chi connectivity index (χ1n) is 7.28. The zero-order valence-electron chi connectivity index (χ0n) is 13.1. The number of hydrogen-bond donors (Lipinski definition) is 0. The molecule has 0 radical (unpaired) electrons. The van der Waals surface area contributed by atoms with Gasteiger partial charge in [0.1, 0.15) is 6.54 Å². The number of hydrogen-bond acceptors (Lipinski definition) is 3. The standard InChI is InChI=1S/C16H20N4O2/c1-12(2)19(10-6-9-17)15(21)11-20-14-8-5-4-7-13(14)18(3)16(20)22/h4-5,7-8,12H,6,10-11H2,1-3H3. The lowest BCUT2D eigenvalue weighted by atomic mass is 10.2. The van der Waals surface area contributed by atoms with Crippen molar-refractivity contribution in [2.24, 2.45) is 7.05 Å². The number of rotatable bonds is 5. The van der Waals surface area contributed by atoms with Crippen molar-refractivity contribution in [3.05, 3.63) is 34.7 Å². The molecule has 0 unspecified atom stereocenters. The van der Waals surface area contributed by atoms with Gasteiger partial charge in [0, 0.05) is 19.6 Å². The van der Waals surface area contributed by atoms with Gasteiger partial charge in [0.15, 0.2) is 0 Å². The number of aryl methyl sites for hydroxylation is 1. The van der Waals surface area contributed by atoms with Crippen molar-refractivity contribution in [3.8, 4) is 6.07 Å². The number of nitrogens with zero attached hydrogens (tertiary/aromatic N) is 4. The van der Waals surface area contributed by atoms with Crippen LogP contribution in [0.5, 0.6) is 0 Å². The predicted octanol–water partition coefficient (Wildman–Crippen LogP) is 1.49. The summed E-state index contributed by atoms with van der Waals surface area (Å²) >= 11 is 0. The Balaban J connectivity index is 2.34. The number of imidazole rings is 1. The molecule has 2 rings (SSSR count). The lowest BCUT2D eigenvalue weighted by Crippen LogP contribution is -2.41. The van der Waals surface area contributed by atoms with Crippen LogP contribution in [0, 0.1) is 11.3 Å². The summed E-state index contributed by atoms with van der Waals surface area (Å²) in [6.45, 7) is 4.18. The van der Waals surface area contributed by atoms with Crippen LogP contribution in [0.1, 0.15) is 20.3 Å². The number of fused-ring (bicyclic) bond motifs is 1. The number of aromatic nitrogens is 2. The second-order valence-electron chi connectivity index (χ2n) is 5.51. The van der Waals surface area contributed by atoms with E-state index in [1.165, 1.54) is 9.13 Å². The Morgan fingerprint density at radius 3 is 2.55 bits per heavy atom. The first-order valence-corrected chi connectivity index (χ1v) is 7.28. The van der Waals surface area contributed by atoms with Gasteiger partial charge in [-0.05, 0) is 26.0 Å². The van der Waals surface area contributed by atoms with E-state index in [0.717, 1.165) is 11.0 Å². The number of carbonyl (C=O) groups excluding carboxylic acids is 1. The van der Waals surface area contributed by atoms with Crippen molar-refractivity contribution in [2.45, 2.75) is 32.9 Å². The largest absolute Gasteiger partial charge is 0.338 e. The Labute approximate surface area is 129 Å². The first kappa shape index (κ1) is 15.8. The number of nitriles is 1. The SMILES string of the molecule is CC(C)N(CCC#N)C(=O)Cn1c(=O)n(C)c2ccccc21. The van der Waals surface area contributed by atoms with Crippen LogP contribution in [0.25, 0.3) is 11.0 Å². The molecule has 0 aliphatic carbocycles. The third kappa shape index (κ3) is 2.89. The molecule has 0 atom stereocenters. The highest BCUT2D eigenvalue weighted by atomic mass is 16.2. The Morgan fingerprint density at radius 2 is 1.95 bits per heavy atom. The Hall–Kier alpha value is -2.55. The molecular formula is C16H20N4O2.